The molecular weight excluding hydrogens is 428 g/mol. The monoisotopic (exact) mass is 452 g/mol. The van der Waals surface area contributed by atoms with E-state index >= 15 is 0 Å². The number of carbonyl (C=O) groups is 2. The number of amides is 2. The fourth-order valence-electron chi connectivity index (χ4n) is 4.45. The molecule has 5 rings (SSSR count). The topological polar surface area (TPSA) is 75.2 Å². The Morgan fingerprint density at radius 1 is 1.32 bits per heavy atom. The molecule has 1 atom stereocenters. The Labute approximate surface area is 189 Å². The van der Waals surface area contributed by atoms with Gasteiger partial charge in [0.05, 0.1) is 17.1 Å². The lowest BCUT2D eigenvalue weighted by atomic mass is 9.89. The van der Waals surface area contributed by atoms with Crippen LogP contribution < -0.4 is 10.2 Å². The predicted octanol–water partition coefficient (Wildman–Crippen LogP) is 4.67. The van der Waals surface area contributed by atoms with Gasteiger partial charge in [-0.2, -0.15) is 0 Å². The number of para-hydroxylation sites is 2. The first kappa shape index (κ1) is 20.5. The summed E-state index contributed by atoms with van der Waals surface area (Å²) in [6, 6.07) is 7.43. The molecule has 3 aromatic rings. The van der Waals surface area contributed by atoms with Crippen molar-refractivity contribution in [2.24, 2.45) is 5.92 Å². The largest absolute Gasteiger partial charge is 0.322 e. The van der Waals surface area contributed by atoms with Gasteiger partial charge in [-0.25, -0.2) is 9.97 Å². The average Bonchev–Trinajstić information content (AvgIpc) is 3.10. The third-order valence-corrected chi connectivity index (χ3v) is 8.28. The van der Waals surface area contributed by atoms with Gasteiger partial charge in [-0.3, -0.25) is 14.5 Å². The van der Waals surface area contributed by atoms with Crippen LogP contribution in [0.3, 0.4) is 0 Å². The van der Waals surface area contributed by atoms with Crippen LogP contribution in [0.5, 0.6) is 0 Å². The van der Waals surface area contributed by atoms with E-state index in [4.69, 9.17) is 0 Å². The Morgan fingerprint density at radius 3 is 2.97 bits per heavy atom. The lowest BCUT2D eigenvalue weighted by Gasteiger charge is -2.42. The summed E-state index contributed by atoms with van der Waals surface area (Å²) in [5, 5.41) is 4.88. The van der Waals surface area contributed by atoms with Crippen molar-refractivity contribution in [1.29, 1.82) is 0 Å². The molecular formula is C23H24N4O2S2. The molecule has 0 spiro atoms. The maximum atomic E-state index is 13.4. The van der Waals surface area contributed by atoms with Crippen molar-refractivity contribution >= 4 is 56.5 Å². The summed E-state index contributed by atoms with van der Waals surface area (Å²) in [6.45, 7) is 5.85. The van der Waals surface area contributed by atoms with E-state index in [1.807, 2.05) is 24.3 Å². The number of nitrogens with one attached hydrogen (secondary N) is 1. The molecule has 31 heavy (non-hydrogen) atoms. The van der Waals surface area contributed by atoms with Gasteiger partial charge in [0.25, 0.3) is 0 Å². The number of thiophene rings is 1. The van der Waals surface area contributed by atoms with Crippen molar-refractivity contribution in [2.75, 3.05) is 16.0 Å². The first-order valence-electron chi connectivity index (χ1n) is 10.5. The van der Waals surface area contributed by atoms with E-state index in [9.17, 15) is 9.59 Å². The maximum Gasteiger partial charge on any atom is 0.250 e. The van der Waals surface area contributed by atoms with Gasteiger partial charge in [0.2, 0.25) is 11.8 Å². The SMILES string of the molecule is C[C@H]1CCc2c(sc3ncnc(SCC(=O)N4c5ccccc5NC(=O)C4(C)C)c23)C1. The molecule has 2 aliphatic rings. The fraction of sp³-hybridized carbons (Fsp3) is 0.391. The van der Waals surface area contributed by atoms with Gasteiger partial charge in [-0.1, -0.05) is 30.8 Å². The molecule has 0 bridgehead atoms. The molecule has 2 amide bonds. The van der Waals surface area contributed by atoms with E-state index in [1.54, 1.807) is 36.4 Å². The quantitative estimate of drug-likeness (QED) is 0.462. The van der Waals surface area contributed by atoms with Crippen LogP contribution in [0, 0.1) is 5.92 Å². The molecule has 0 saturated carbocycles. The fourth-order valence-corrected chi connectivity index (χ4v) is 6.74. The summed E-state index contributed by atoms with van der Waals surface area (Å²) in [4.78, 5) is 39.1. The Hall–Kier alpha value is -2.45. The Kier molecular flexibility index (Phi) is 5.01. The zero-order valence-corrected chi connectivity index (χ0v) is 19.4. The second kappa shape index (κ2) is 7.60. The second-order valence-electron chi connectivity index (χ2n) is 8.76. The average molecular weight is 453 g/mol. The molecule has 1 aromatic carbocycles. The summed E-state index contributed by atoms with van der Waals surface area (Å²) < 4.78 is 0. The highest BCUT2D eigenvalue weighted by Gasteiger charge is 2.43. The van der Waals surface area contributed by atoms with Crippen LogP contribution in [-0.4, -0.2) is 33.1 Å². The number of carbonyl (C=O) groups excluding carboxylic acids is 2. The molecule has 1 aliphatic heterocycles. The van der Waals surface area contributed by atoms with Crippen molar-refractivity contribution in [1.82, 2.24) is 9.97 Å². The van der Waals surface area contributed by atoms with Crippen molar-refractivity contribution in [3.8, 4) is 0 Å². The third kappa shape index (κ3) is 3.42. The first-order valence-corrected chi connectivity index (χ1v) is 12.3. The van der Waals surface area contributed by atoms with Crippen LogP contribution in [0.1, 0.15) is 37.6 Å². The van der Waals surface area contributed by atoms with E-state index in [1.165, 1.54) is 28.6 Å². The van der Waals surface area contributed by atoms with E-state index < -0.39 is 5.54 Å². The highest BCUT2D eigenvalue weighted by molar-refractivity contribution is 8.00. The molecule has 160 valence electrons. The van der Waals surface area contributed by atoms with Crippen LogP contribution in [0.25, 0.3) is 10.2 Å². The number of aryl methyl sites for hydroxylation is 1. The molecule has 6 nitrogen and oxygen atoms in total. The van der Waals surface area contributed by atoms with Gasteiger partial charge < -0.3 is 5.32 Å². The standard InChI is InChI=1S/C23H24N4O2S2/c1-13-8-9-14-17(10-13)31-21-19(14)20(24-12-25-21)30-11-18(28)27-16-7-5-4-6-15(16)26-22(29)23(27,2)3/h4-7,12-13H,8-11H2,1-3H3,(H,26,29)/t13-/m0/s1. The van der Waals surface area contributed by atoms with Gasteiger partial charge in [0, 0.05) is 10.3 Å². The molecule has 0 fully saturated rings. The van der Waals surface area contributed by atoms with E-state index in [0.717, 1.165) is 33.8 Å². The molecule has 1 N–H and O–H groups in total. The zero-order chi connectivity index (χ0) is 21.8. The Bertz CT molecular complexity index is 1200. The summed E-state index contributed by atoms with van der Waals surface area (Å²) in [7, 11) is 0. The summed E-state index contributed by atoms with van der Waals surface area (Å²) in [6.07, 6.45) is 4.89. The summed E-state index contributed by atoms with van der Waals surface area (Å²) in [5.41, 5.74) is 1.78. The van der Waals surface area contributed by atoms with Gasteiger partial charge in [-0.15, -0.1) is 11.3 Å². The number of aromatic nitrogens is 2. The Morgan fingerprint density at radius 2 is 2.13 bits per heavy atom. The predicted molar refractivity (Wildman–Crippen MR) is 126 cm³/mol. The smallest absolute Gasteiger partial charge is 0.250 e. The number of fused-ring (bicyclic) bond motifs is 4. The van der Waals surface area contributed by atoms with E-state index in [0.29, 0.717) is 11.6 Å². The van der Waals surface area contributed by atoms with E-state index in [2.05, 4.69) is 22.2 Å². The number of nitrogens with zero attached hydrogens (tertiary/aromatic N) is 3. The van der Waals surface area contributed by atoms with Gasteiger partial charge >= 0.3 is 0 Å². The Balaban J connectivity index is 1.45. The summed E-state index contributed by atoms with van der Waals surface area (Å²) >= 11 is 3.20. The minimum atomic E-state index is -0.968. The number of anilines is 2. The second-order valence-corrected chi connectivity index (χ2v) is 10.8. The number of rotatable bonds is 3. The number of hydrogen-bond donors (Lipinski definition) is 1. The molecule has 8 heteroatoms. The molecule has 0 saturated heterocycles. The van der Waals surface area contributed by atoms with Crippen LogP contribution >= 0.6 is 23.1 Å². The highest BCUT2D eigenvalue weighted by Crippen LogP contribution is 2.41. The van der Waals surface area contributed by atoms with Crippen LogP contribution in [0.2, 0.25) is 0 Å². The molecule has 0 radical (unpaired) electrons. The van der Waals surface area contributed by atoms with Crippen molar-refractivity contribution in [3.63, 3.8) is 0 Å². The lowest BCUT2D eigenvalue weighted by molar-refractivity contribution is -0.125. The van der Waals surface area contributed by atoms with Crippen LogP contribution in [0.15, 0.2) is 35.6 Å². The number of benzene rings is 1. The maximum absolute atomic E-state index is 13.4. The molecule has 3 heterocycles. The minimum Gasteiger partial charge on any atom is -0.322 e. The molecule has 0 unspecified atom stereocenters. The molecule has 1 aliphatic carbocycles. The normalized spacial score (nSPS) is 19.6. The van der Waals surface area contributed by atoms with Crippen molar-refractivity contribution < 1.29 is 9.59 Å². The van der Waals surface area contributed by atoms with E-state index in [-0.39, 0.29) is 17.6 Å². The van der Waals surface area contributed by atoms with Gasteiger partial charge in [0.1, 0.15) is 21.7 Å². The minimum absolute atomic E-state index is 0.109. The van der Waals surface area contributed by atoms with Crippen LogP contribution in [0.4, 0.5) is 11.4 Å². The van der Waals surface area contributed by atoms with Crippen molar-refractivity contribution in [3.05, 3.63) is 41.0 Å². The highest BCUT2D eigenvalue weighted by atomic mass is 32.2. The number of thioether (sulfide) groups is 1. The summed E-state index contributed by atoms with van der Waals surface area (Å²) in [5.74, 6) is 0.605. The first-order chi connectivity index (χ1) is 14.9. The van der Waals surface area contributed by atoms with Crippen molar-refractivity contribution in [2.45, 2.75) is 50.6 Å². The van der Waals surface area contributed by atoms with Gasteiger partial charge in [0.15, 0.2) is 0 Å². The third-order valence-electron chi connectivity index (χ3n) is 6.15. The number of hydrogen-bond acceptors (Lipinski definition) is 6. The molecule has 2 aromatic heterocycles. The van der Waals surface area contributed by atoms with Gasteiger partial charge in [-0.05, 0) is 56.7 Å². The zero-order valence-electron chi connectivity index (χ0n) is 17.8. The van der Waals surface area contributed by atoms with Crippen LogP contribution in [-0.2, 0) is 22.4 Å². The lowest BCUT2D eigenvalue weighted by Crippen LogP contribution is -2.58.